The second-order valence-electron chi connectivity index (χ2n) is 5.93. The Balaban J connectivity index is 2.22. The molecule has 11 heteroatoms. The lowest BCUT2D eigenvalue weighted by molar-refractivity contribution is 0.188. The fourth-order valence-corrected chi connectivity index (χ4v) is 3.96. The zero-order chi connectivity index (χ0) is 20.0. The standard InChI is InChI=1S/C16H27N4O6P/c1-5-25-27(23,6-2)26-10-7-8-20-15(21)13-14(18(3)16(20)22)17-12-19(13)9-11-24-4/h12H,5-11H2,1-4H3. The number of rotatable bonds is 11. The molecule has 1 unspecified atom stereocenters. The highest BCUT2D eigenvalue weighted by Gasteiger charge is 2.21. The molecule has 0 N–H and O–H groups in total. The van der Waals surface area contributed by atoms with Gasteiger partial charge in [-0.3, -0.25) is 18.5 Å². The van der Waals surface area contributed by atoms with Crippen molar-refractivity contribution in [3.63, 3.8) is 0 Å². The summed E-state index contributed by atoms with van der Waals surface area (Å²) in [6.45, 7) is 4.92. The van der Waals surface area contributed by atoms with Gasteiger partial charge in [0, 0.05) is 33.4 Å². The van der Waals surface area contributed by atoms with E-state index >= 15 is 0 Å². The van der Waals surface area contributed by atoms with Crippen molar-refractivity contribution in [3.05, 3.63) is 27.2 Å². The maximum Gasteiger partial charge on any atom is 0.332 e. The number of methoxy groups -OCH3 is 1. The van der Waals surface area contributed by atoms with Gasteiger partial charge in [-0.25, -0.2) is 9.78 Å². The van der Waals surface area contributed by atoms with E-state index in [0.717, 1.165) is 4.57 Å². The average Bonchev–Trinajstić information content (AvgIpc) is 3.08. The Labute approximate surface area is 157 Å². The van der Waals surface area contributed by atoms with Crippen LogP contribution in [0.15, 0.2) is 15.9 Å². The zero-order valence-electron chi connectivity index (χ0n) is 16.2. The van der Waals surface area contributed by atoms with Gasteiger partial charge in [0.15, 0.2) is 11.2 Å². The van der Waals surface area contributed by atoms with Gasteiger partial charge in [0.25, 0.3) is 5.56 Å². The first-order valence-corrected chi connectivity index (χ1v) is 10.6. The molecule has 0 amide bonds. The van der Waals surface area contributed by atoms with Gasteiger partial charge in [0.1, 0.15) is 0 Å². The van der Waals surface area contributed by atoms with Crippen LogP contribution in [0.5, 0.6) is 0 Å². The fourth-order valence-electron chi connectivity index (χ4n) is 2.72. The average molecular weight is 402 g/mol. The summed E-state index contributed by atoms with van der Waals surface area (Å²) in [5.74, 6) is 0. The van der Waals surface area contributed by atoms with Crippen molar-refractivity contribution in [3.8, 4) is 0 Å². The third kappa shape index (κ3) is 4.76. The van der Waals surface area contributed by atoms with Crippen LogP contribution >= 0.6 is 7.60 Å². The van der Waals surface area contributed by atoms with E-state index in [2.05, 4.69) is 4.98 Å². The molecular formula is C16H27N4O6P. The van der Waals surface area contributed by atoms with Gasteiger partial charge in [0.05, 0.1) is 26.1 Å². The van der Waals surface area contributed by atoms with E-state index in [1.54, 1.807) is 32.6 Å². The van der Waals surface area contributed by atoms with E-state index < -0.39 is 18.8 Å². The summed E-state index contributed by atoms with van der Waals surface area (Å²) in [4.78, 5) is 29.5. The molecular weight excluding hydrogens is 375 g/mol. The van der Waals surface area contributed by atoms with Crippen molar-refractivity contribution in [2.75, 3.05) is 33.1 Å². The summed E-state index contributed by atoms with van der Waals surface area (Å²) in [6, 6.07) is 0. The van der Waals surface area contributed by atoms with Crippen molar-refractivity contribution >= 4 is 18.8 Å². The molecule has 1 atom stereocenters. The molecule has 0 aliphatic carbocycles. The molecule has 0 spiro atoms. The SMILES string of the molecule is CCOP(=O)(CC)OCCCn1c(=O)c2c(ncn2CCOC)n(C)c1=O. The van der Waals surface area contributed by atoms with Crippen LogP contribution < -0.4 is 11.2 Å². The number of ether oxygens (including phenoxy) is 1. The summed E-state index contributed by atoms with van der Waals surface area (Å²) >= 11 is 0. The van der Waals surface area contributed by atoms with E-state index in [9.17, 15) is 14.2 Å². The first-order chi connectivity index (χ1) is 12.9. The van der Waals surface area contributed by atoms with Crippen molar-refractivity contribution in [1.82, 2.24) is 18.7 Å². The first kappa shape index (κ1) is 21.6. The molecule has 0 fully saturated rings. The van der Waals surface area contributed by atoms with Crippen molar-refractivity contribution in [2.45, 2.75) is 33.4 Å². The molecule has 152 valence electrons. The molecule has 27 heavy (non-hydrogen) atoms. The van der Waals surface area contributed by atoms with Crippen LogP contribution in [-0.4, -0.2) is 51.8 Å². The molecule has 0 aliphatic rings. The Morgan fingerprint density at radius 3 is 2.52 bits per heavy atom. The predicted molar refractivity (Wildman–Crippen MR) is 101 cm³/mol. The Kier molecular flexibility index (Phi) is 7.55. The van der Waals surface area contributed by atoms with Gasteiger partial charge in [0.2, 0.25) is 0 Å². The summed E-state index contributed by atoms with van der Waals surface area (Å²) in [6.07, 6.45) is 2.15. The Morgan fingerprint density at radius 1 is 1.15 bits per heavy atom. The Bertz CT molecular complexity index is 931. The molecule has 2 aromatic heterocycles. The highest BCUT2D eigenvalue weighted by molar-refractivity contribution is 7.53. The molecule has 0 saturated heterocycles. The smallest absolute Gasteiger partial charge is 0.332 e. The lowest BCUT2D eigenvalue weighted by Crippen LogP contribution is -2.40. The number of aryl methyl sites for hydroxylation is 1. The van der Waals surface area contributed by atoms with E-state index in [1.807, 2.05) is 0 Å². The van der Waals surface area contributed by atoms with E-state index in [0.29, 0.717) is 37.3 Å². The van der Waals surface area contributed by atoms with Crippen molar-refractivity contribution in [2.24, 2.45) is 7.05 Å². The first-order valence-electron chi connectivity index (χ1n) is 8.90. The number of imidazole rings is 1. The van der Waals surface area contributed by atoms with Gasteiger partial charge in [-0.1, -0.05) is 6.92 Å². The minimum atomic E-state index is -3.10. The molecule has 10 nitrogen and oxygen atoms in total. The molecule has 0 radical (unpaired) electrons. The Hall–Kier alpha value is -1.74. The quantitative estimate of drug-likeness (QED) is 0.411. The Morgan fingerprint density at radius 2 is 1.89 bits per heavy atom. The van der Waals surface area contributed by atoms with Crippen LogP contribution in [0.3, 0.4) is 0 Å². The third-order valence-corrected chi connectivity index (χ3v) is 6.17. The molecule has 2 rings (SSSR count). The number of aromatic nitrogens is 4. The van der Waals surface area contributed by atoms with Gasteiger partial charge in [-0.2, -0.15) is 0 Å². The van der Waals surface area contributed by atoms with E-state index in [1.165, 1.54) is 10.9 Å². The third-order valence-electron chi connectivity index (χ3n) is 4.17. The van der Waals surface area contributed by atoms with E-state index in [-0.39, 0.29) is 19.3 Å². The second-order valence-corrected chi connectivity index (χ2v) is 8.30. The number of hydrogen-bond acceptors (Lipinski definition) is 7. The van der Waals surface area contributed by atoms with Crippen LogP contribution in [0.1, 0.15) is 20.3 Å². The van der Waals surface area contributed by atoms with Crippen LogP contribution in [-0.2, 0) is 38.5 Å². The fraction of sp³-hybridized carbons (Fsp3) is 0.688. The summed E-state index contributed by atoms with van der Waals surface area (Å²) in [5.41, 5.74) is -0.179. The zero-order valence-corrected chi connectivity index (χ0v) is 17.1. The molecule has 0 saturated carbocycles. The van der Waals surface area contributed by atoms with Crippen molar-refractivity contribution < 1.29 is 18.3 Å². The molecule has 0 bridgehead atoms. The minimum absolute atomic E-state index is 0.127. The highest BCUT2D eigenvalue weighted by Crippen LogP contribution is 2.47. The van der Waals surface area contributed by atoms with Gasteiger partial charge >= 0.3 is 13.3 Å². The number of fused-ring (bicyclic) bond motifs is 1. The van der Waals surface area contributed by atoms with Gasteiger partial charge in [-0.05, 0) is 13.3 Å². The number of nitrogens with zero attached hydrogens (tertiary/aromatic N) is 4. The maximum absolute atomic E-state index is 12.8. The maximum atomic E-state index is 12.8. The predicted octanol–water partition coefficient (Wildman–Crippen LogP) is 1.20. The highest BCUT2D eigenvalue weighted by atomic mass is 31.2. The van der Waals surface area contributed by atoms with Crippen LogP contribution in [0.25, 0.3) is 11.2 Å². The summed E-state index contributed by atoms with van der Waals surface area (Å²) in [5, 5.41) is 0. The van der Waals surface area contributed by atoms with Gasteiger partial charge < -0.3 is 18.4 Å². The van der Waals surface area contributed by atoms with Crippen molar-refractivity contribution in [1.29, 1.82) is 0 Å². The number of hydrogen-bond donors (Lipinski definition) is 0. The summed E-state index contributed by atoms with van der Waals surface area (Å²) in [7, 11) is 0.0451. The van der Waals surface area contributed by atoms with Crippen LogP contribution in [0.2, 0.25) is 0 Å². The van der Waals surface area contributed by atoms with Crippen LogP contribution in [0, 0.1) is 0 Å². The lowest BCUT2D eigenvalue weighted by atomic mass is 10.4. The molecule has 0 aromatic carbocycles. The monoisotopic (exact) mass is 402 g/mol. The minimum Gasteiger partial charge on any atom is -0.383 e. The molecule has 2 aromatic rings. The van der Waals surface area contributed by atoms with Crippen LogP contribution in [0.4, 0.5) is 0 Å². The lowest BCUT2D eigenvalue weighted by Gasteiger charge is -2.16. The molecule has 2 heterocycles. The largest absolute Gasteiger partial charge is 0.383 e. The normalized spacial score (nSPS) is 13.9. The van der Waals surface area contributed by atoms with E-state index in [4.69, 9.17) is 13.8 Å². The second kappa shape index (κ2) is 9.45. The van der Waals surface area contributed by atoms with Gasteiger partial charge in [-0.15, -0.1) is 0 Å². The molecule has 0 aliphatic heterocycles. The summed E-state index contributed by atoms with van der Waals surface area (Å²) < 4.78 is 32.0. The topological polar surface area (TPSA) is 107 Å².